The Morgan fingerprint density at radius 3 is 2.12 bits per heavy atom. The molecule has 0 radical (unpaired) electrons. The molecule has 0 atom stereocenters. The van der Waals surface area contributed by atoms with Gasteiger partial charge in [0, 0.05) is 18.1 Å². The summed E-state index contributed by atoms with van der Waals surface area (Å²) in [6.07, 6.45) is 2.67. The number of aromatic nitrogens is 3. The van der Waals surface area contributed by atoms with Crippen molar-refractivity contribution < 1.29 is 4.74 Å². The summed E-state index contributed by atoms with van der Waals surface area (Å²) in [7, 11) is 1.68. The van der Waals surface area contributed by atoms with E-state index in [9.17, 15) is 5.26 Å². The average molecular weight is 554 g/mol. The van der Waals surface area contributed by atoms with Crippen LogP contribution >= 0.6 is 0 Å². The third-order valence-electron chi connectivity index (χ3n) is 7.23. The van der Waals surface area contributed by atoms with E-state index >= 15 is 0 Å². The second-order valence-electron chi connectivity index (χ2n) is 9.74. The Hall–Kier alpha value is -5.15. The molecule has 0 N–H and O–H groups in total. The molecule has 6 nitrogen and oxygen atoms in total. The van der Waals surface area contributed by atoms with E-state index in [-0.39, 0.29) is 0 Å². The van der Waals surface area contributed by atoms with Gasteiger partial charge in [0.25, 0.3) is 0 Å². The Bertz CT molecular complexity index is 1890. The fraction of sp³-hybridized carbons (Fsp3) is 0.194. The van der Waals surface area contributed by atoms with E-state index in [1.54, 1.807) is 7.11 Å². The third kappa shape index (κ3) is 6.11. The number of benzene rings is 4. The Morgan fingerprint density at radius 2 is 1.43 bits per heavy atom. The first kappa shape index (κ1) is 28.4. The van der Waals surface area contributed by atoms with Crippen LogP contribution in [0.3, 0.4) is 0 Å². The van der Waals surface area contributed by atoms with Gasteiger partial charge in [-0.05, 0) is 65.6 Å². The van der Waals surface area contributed by atoms with Gasteiger partial charge in [0.1, 0.15) is 5.75 Å². The summed E-state index contributed by atoms with van der Waals surface area (Å²) >= 11 is 0. The summed E-state index contributed by atoms with van der Waals surface area (Å²) in [5.41, 5.74) is 8.28. The number of rotatable bonds is 8. The van der Waals surface area contributed by atoms with E-state index in [1.165, 1.54) is 5.56 Å². The van der Waals surface area contributed by atoms with Crippen molar-refractivity contribution in [1.29, 1.82) is 5.26 Å². The van der Waals surface area contributed by atoms with Gasteiger partial charge in [0.05, 0.1) is 48.4 Å². The van der Waals surface area contributed by atoms with Crippen molar-refractivity contribution in [1.82, 2.24) is 14.1 Å². The first-order valence-corrected chi connectivity index (χ1v) is 14.4. The summed E-state index contributed by atoms with van der Waals surface area (Å²) in [6, 6.07) is 37.0. The predicted octanol–water partition coefficient (Wildman–Crippen LogP) is 7.14. The fourth-order valence-corrected chi connectivity index (χ4v) is 5.17. The van der Waals surface area contributed by atoms with Gasteiger partial charge in [-0.25, -0.2) is 0 Å². The van der Waals surface area contributed by atoms with Gasteiger partial charge < -0.3 is 13.9 Å². The van der Waals surface area contributed by atoms with Crippen molar-refractivity contribution in [3.8, 4) is 11.8 Å². The van der Waals surface area contributed by atoms with Crippen LogP contribution in [0, 0.1) is 11.3 Å². The molecule has 0 saturated carbocycles. The zero-order valence-electron chi connectivity index (χ0n) is 24.4. The maximum absolute atomic E-state index is 9.26. The lowest BCUT2D eigenvalue weighted by molar-refractivity contribution is 0.414. The first-order valence-electron chi connectivity index (χ1n) is 14.4. The Morgan fingerprint density at radius 1 is 0.762 bits per heavy atom. The van der Waals surface area contributed by atoms with Gasteiger partial charge in [-0.3, -0.25) is 9.98 Å². The highest BCUT2D eigenvalue weighted by atomic mass is 16.5. The molecule has 0 aliphatic rings. The summed E-state index contributed by atoms with van der Waals surface area (Å²) in [5.74, 6) is 0.852. The molecule has 4 aromatic carbocycles. The molecule has 0 aliphatic heterocycles. The number of para-hydroxylation sites is 3. The highest BCUT2D eigenvalue weighted by Crippen LogP contribution is 2.21. The number of ether oxygens (including phenoxy) is 1. The average Bonchev–Trinajstić information content (AvgIpc) is 3.34. The normalized spacial score (nSPS) is 11.2. The molecule has 0 fully saturated rings. The first-order chi connectivity index (χ1) is 20.7. The van der Waals surface area contributed by atoms with Gasteiger partial charge in [-0.15, -0.1) is 0 Å². The minimum atomic E-state index is 0.643. The van der Waals surface area contributed by atoms with Crippen LogP contribution in [0.1, 0.15) is 36.1 Å². The molecule has 0 unspecified atom stereocenters. The number of methoxy groups -OCH3 is 1. The zero-order chi connectivity index (χ0) is 29.3. The molecule has 0 aliphatic carbocycles. The molecule has 0 spiro atoms. The van der Waals surface area contributed by atoms with Crippen molar-refractivity contribution in [2.75, 3.05) is 13.7 Å². The topological polar surface area (TPSA) is 68.1 Å². The highest BCUT2D eigenvalue weighted by molar-refractivity contribution is 5.82. The third-order valence-corrected chi connectivity index (χ3v) is 7.23. The smallest absolute Gasteiger partial charge is 0.206 e. The van der Waals surface area contributed by atoms with Crippen molar-refractivity contribution in [3.63, 3.8) is 0 Å². The van der Waals surface area contributed by atoms with Crippen LogP contribution in [0.5, 0.6) is 5.75 Å². The lowest BCUT2D eigenvalue weighted by Crippen LogP contribution is -2.28. The van der Waals surface area contributed by atoms with Crippen molar-refractivity contribution in [2.45, 2.75) is 33.4 Å². The van der Waals surface area contributed by atoms with Crippen LogP contribution in [0.25, 0.3) is 21.9 Å². The van der Waals surface area contributed by atoms with Crippen LogP contribution in [-0.2, 0) is 19.5 Å². The van der Waals surface area contributed by atoms with E-state index in [4.69, 9.17) is 14.7 Å². The summed E-state index contributed by atoms with van der Waals surface area (Å²) in [5, 5.41) is 10.4. The molecule has 2 aromatic heterocycles. The summed E-state index contributed by atoms with van der Waals surface area (Å²) in [4.78, 5) is 9.92. The van der Waals surface area contributed by atoms with E-state index in [1.807, 2.05) is 62.5 Å². The maximum atomic E-state index is 9.26. The molecule has 42 heavy (non-hydrogen) atoms. The molecule has 0 bridgehead atoms. The monoisotopic (exact) mass is 553 g/mol. The minimum absolute atomic E-state index is 0.643. The largest absolute Gasteiger partial charge is 0.497 e. The highest BCUT2D eigenvalue weighted by Gasteiger charge is 2.14. The van der Waals surface area contributed by atoms with Crippen LogP contribution in [-0.4, -0.2) is 27.8 Å². The second-order valence-corrected chi connectivity index (χ2v) is 9.74. The van der Waals surface area contributed by atoms with Crippen LogP contribution in [0.2, 0.25) is 0 Å². The summed E-state index contributed by atoms with van der Waals surface area (Å²) in [6.45, 7) is 5.94. The number of pyridine rings is 1. The number of nitriles is 1. The van der Waals surface area contributed by atoms with E-state index in [2.05, 4.69) is 75.9 Å². The van der Waals surface area contributed by atoms with E-state index in [0.717, 1.165) is 50.9 Å². The van der Waals surface area contributed by atoms with Crippen molar-refractivity contribution >= 4 is 21.9 Å². The molecule has 0 saturated heterocycles. The Balaban J connectivity index is 0.00000173. The molecule has 6 heteroatoms. The van der Waals surface area contributed by atoms with Gasteiger partial charge in [-0.2, -0.15) is 5.26 Å². The predicted molar refractivity (Wildman–Crippen MR) is 170 cm³/mol. The van der Waals surface area contributed by atoms with E-state index < -0.39 is 0 Å². The zero-order valence-corrected chi connectivity index (χ0v) is 24.4. The maximum Gasteiger partial charge on any atom is 0.206 e. The second kappa shape index (κ2) is 13.5. The number of hydrogen-bond donors (Lipinski definition) is 0. The number of fused-ring (bicyclic) bond motifs is 2. The fourth-order valence-electron chi connectivity index (χ4n) is 5.17. The molecule has 2 heterocycles. The number of hydrogen-bond acceptors (Lipinski definition) is 4. The Labute approximate surface area is 246 Å². The van der Waals surface area contributed by atoms with Crippen molar-refractivity contribution in [3.05, 3.63) is 137 Å². The molecule has 210 valence electrons. The SMILES string of the molecule is CC.COc1ccc(CCN=c2n(Cc3ccc(C#N)cc3)c3ccccc3n2Cc2cccc3cccnc23)cc1. The molecular weight excluding hydrogens is 518 g/mol. The van der Waals surface area contributed by atoms with Gasteiger partial charge >= 0.3 is 0 Å². The minimum Gasteiger partial charge on any atom is -0.497 e. The lowest BCUT2D eigenvalue weighted by Gasteiger charge is -2.10. The molecular formula is C36H35N5O. The Kier molecular flexibility index (Phi) is 9.10. The quantitative estimate of drug-likeness (QED) is 0.201. The van der Waals surface area contributed by atoms with E-state index in [0.29, 0.717) is 25.2 Å². The summed E-state index contributed by atoms with van der Waals surface area (Å²) < 4.78 is 9.90. The van der Waals surface area contributed by atoms with Crippen molar-refractivity contribution in [2.24, 2.45) is 4.99 Å². The number of nitrogens with zero attached hydrogens (tertiary/aromatic N) is 5. The van der Waals surface area contributed by atoms with Crippen LogP contribution in [0.4, 0.5) is 0 Å². The molecule has 6 aromatic rings. The number of imidazole rings is 1. The van der Waals surface area contributed by atoms with Crippen LogP contribution < -0.4 is 10.4 Å². The molecule has 6 rings (SSSR count). The standard InChI is InChI=1S/C34H29N5O.C2H6/c1-40-30-17-15-25(16-18-30)19-21-37-34-38(23-27-13-11-26(22-35)12-14-27)31-9-2-3-10-32(31)39(34)24-29-7-4-6-28-8-5-20-36-33(28)29;1-2/h2-18,20H,19,21,23-24H2,1H3;1-2H3. The van der Waals surface area contributed by atoms with Gasteiger partial charge in [0.2, 0.25) is 5.62 Å². The van der Waals surface area contributed by atoms with Gasteiger partial charge in [-0.1, -0.05) is 74.5 Å². The van der Waals surface area contributed by atoms with Gasteiger partial charge in [0.15, 0.2) is 0 Å². The van der Waals surface area contributed by atoms with Crippen LogP contribution in [0.15, 0.2) is 114 Å². The lowest BCUT2D eigenvalue weighted by atomic mass is 10.1. The molecule has 0 amide bonds.